The van der Waals surface area contributed by atoms with E-state index in [4.69, 9.17) is 25.8 Å². The van der Waals surface area contributed by atoms with E-state index >= 15 is 0 Å². The third-order valence-electron chi connectivity index (χ3n) is 3.34. The number of allylic oxidation sites excluding steroid dienone is 1. The molecule has 0 aromatic heterocycles. The number of benzene rings is 2. The van der Waals surface area contributed by atoms with E-state index in [9.17, 15) is 4.79 Å². The van der Waals surface area contributed by atoms with Crippen molar-refractivity contribution in [2.24, 2.45) is 0 Å². The van der Waals surface area contributed by atoms with Gasteiger partial charge in [-0.1, -0.05) is 17.7 Å². The Morgan fingerprint density at radius 3 is 2.42 bits per heavy atom. The summed E-state index contributed by atoms with van der Waals surface area (Å²) in [6.45, 7) is 2.36. The lowest BCUT2D eigenvalue weighted by Gasteiger charge is -2.11. The Kier molecular flexibility index (Phi) is 6.27. The molecule has 2 aromatic carbocycles. The molecule has 24 heavy (non-hydrogen) atoms. The molecule has 0 unspecified atom stereocenters. The molecule has 0 saturated carbocycles. The summed E-state index contributed by atoms with van der Waals surface area (Å²) in [5.41, 5.74) is 1.33. The minimum atomic E-state index is -0.110. The number of hydrogen-bond acceptors (Lipinski definition) is 4. The topological polar surface area (TPSA) is 44.8 Å². The summed E-state index contributed by atoms with van der Waals surface area (Å²) in [5.74, 6) is 1.63. The maximum absolute atomic E-state index is 12.2. The third-order valence-corrected chi connectivity index (χ3v) is 3.62. The Bertz CT molecular complexity index is 736. The van der Waals surface area contributed by atoms with Gasteiger partial charge in [-0.25, -0.2) is 0 Å². The van der Waals surface area contributed by atoms with Crippen molar-refractivity contribution in [3.63, 3.8) is 0 Å². The van der Waals surface area contributed by atoms with Gasteiger partial charge in [0.05, 0.1) is 25.8 Å². The minimum Gasteiger partial charge on any atom is -0.497 e. The van der Waals surface area contributed by atoms with E-state index in [1.165, 1.54) is 6.08 Å². The van der Waals surface area contributed by atoms with Gasteiger partial charge in [-0.3, -0.25) is 4.79 Å². The standard InChI is InChI=1S/C19H19ClO4/c1-4-24-19-16(20)11-13(12-18(19)23-3)5-10-17(21)14-6-8-15(22-2)9-7-14/h5-12H,4H2,1-3H3/b10-5+. The van der Waals surface area contributed by atoms with Crippen LogP contribution in [0.4, 0.5) is 0 Å². The summed E-state index contributed by atoms with van der Waals surface area (Å²) in [4.78, 5) is 12.2. The van der Waals surface area contributed by atoms with Gasteiger partial charge in [0.25, 0.3) is 0 Å². The first-order chi connectivity index (χ1) is 11.6. The van der Waals surface area contributed by atoms with Crippen LogP contribution in [-0.4, -0.2) is 26.6 Å². The second-order valence-electron chi connectivity index (χ2n) is 4.89. The van der Waals surface area contributed by atoms with Crippen LogP contribution in [0, 0.1) is 0 Å². The molecule has 0 radical (unpaired) electrons. The van der Waals surface area contributed by atoms with Crippen LogP contribution in [0.25, 0.3) is 6.08 Å². The predicted molar refractivity (Wildman–Crippen MR) is 95.5 cm³/mol. The van der Waals surface area contributed by atoms with E-state index < -0.39 is 0 Å². The molecule has 0 atom stereocenters. The lowest BCUT2D eigenvalue weighted by molar-refractivity contribution is 0.104. The highest BCUT2D eigenvalue weighted by molar-refractivity contribution is 6.32. The van der Waals surface area contributed by atoms with Gasteiger partial charge in [-0.05, 0) is 55.0 Å². The molecule has 0 spiro atoms. The molecule has 0 fully saturated rings. The van der Waals surface area contributed by atoms with Crippen LogP contribution in [0.5, 0.6) is 17.2 Å². The molecule has 2 rings (SSSR count). The molecule has 0 aliphatic rings. The Balaban J connectivity index is 2.21. The van der Waals surface area contributed by atoms with Crippen molar-refractivity contribution in [1.82, 2.24) is 0 Å². The van der Waals surface area contributed by atoms with Crippen molar-refractivity contribution in [3.8, 4) is 17.2 Å². The van der Waals surface area contributed by atoms with E-state index in [0.717, 1.165) is 5.56 Å². The summed E-state index contributed by atoms with van der Waals surface area (Å²) in [6.07, 6.45) is 3.18. The molecule has 0 amide bonds. The van der Waals surface area contributed by atoms with Gasteiger partial charge in [0, 0.05) is 5.56 Å². The number of hydrogen-bond donors (Lipinski definition) is 0. The largest absolute Gasteiger partial charge is 0.497 e. The van der Waals surface area contributed by atoms with Crippen LogP contribution < -0.4 is 14.2 Å². The van der Waals surface area contributed by atoms with Gasteiger partial charge < -0.3 is 14.2 Å². The van der Waals surface area contributed by atoms with Gasteiger partial charge in [0.2, 0.25) is 0 Å². The van der Waals surface area contributed by atoms with Crippen molar-refractivity contribution < 1.29 is 19.0 Å². The molecular formula is C19H19ClO4. The van der Waals surface area contributed by atoms with E-state index in [2.05, 4.69) is 0 Å². The van der Waals surface area contributed by atoms with Gasteiger partial charge >= 0.3 is 0 Å². The Labute approximate surface area is 146 Å². The molecule has 126 valence electrons. The number of methoxy groups -OCH3 is 2. The average Bonchev–Trinajstić information content (AvgIpc) is 2.61. The first-order valence-electron chi connectivity index (χ1n) is 7.45. The Morgan fingerprint density at radius 2 is 1.83 bits per heavy atom. The van der Waals surface area contributed by atoms with E-state index in [1.807, 2.05) is 6.92 Å². The number of rotatable bonds is 7. The quantitative estimate of drug-likeness (QED) is 0.540. The number of carbonyl (C=O) groups excluding carboxylic acids is 1. The van der Waals surface area contributed by atoms with Gasteiger partial charge in [0.1, 0.15) is 5.75 Å². The Hall–Kier alpha value is -2.46. The molecule has 0 N–H and O–H groups in total. The zero-order valence-electron chi connectivity index (χ0n) is 13.8. The molecular weight excluding hydrogens is 328 g/mol. The summed E-state index contributed by atoms with van der Waals surface area (Å²) in [7, 11) is 3.13. The van der Waals surface area contributed by atoms with E-state index in [0.29, 0.717) is 34.4 Å². The van der Waals surface area contributed by atoms with Crippen molar-refractivity contribution in [2.45, 2.75) is 6.92 Å². The number of ether oxygens (including phenoxy) is 3. The SMILES string of the molecule is CCOc1c(Cl)cc(/C=C/C(=O)c2ccc(OC)cc2)cc1OC. The molecule has 0 bridgehead atoms. The maximum atomic E-state index is 12.2. The van der Waals surface area contributed by atoms with Gasteiger partial charge in [-0.15, -0.1) is 0 Å². The predicted octanol–water partition coefficient (Wildman–Crippen LogP) is 4.65. The van der Waals surface area contributed by atoms with Crippen LogP contribution >= 0.6 is 11.6 Å². The van der Waals surface area contributed by atoms with Crippen LogP contribution in [0.3, 0.4) is 0 Å². The summed E-state index contributed by atoms with van der Waals surface area (Å²) in [6, 6.07) is 10.4. The molecule has 0 heterocycles. The van der Waals surface area contributed by atoms with Crippen LogP contribution in [0.2, 0.25) is 5.02 Å². The summed E-state index contributed by atoms with van der Waals surface area (Å²) in [5, 5.41) is 0.438. The van der Waals surface area contributed by atoms with Gasteiger partial charge in [0.15, 0.2) is 17.3 Å². The Morgan fingerprint density at radius 1 is 1.12 bits per heavy atom. The number of ketones is 1. The normalized spacial score (nSPS) is 10.7. The first kappa shape index (κ1) is 17.9. The molecule has 4 nitrogen and oxygen atoms in total. The summed E-state index contributed by atoms with van der Waals surface area (Å²) >= 11 is 6.22. The molecule has 2 aromatic rings. The van der Waals surface area contributed by atoms with E-state index in [1.54, 1.807) is 56.7 Å². The van der Waals surface area contributed by atoms with Crippen LogP contribution in [0.1, 0.15) is 22.8 Å². The second kappa shape index (κ2) is 8.41. The van der Waals surface area contributed by atoms with Crippen molar-refractivity contribution >= 4 is 23.5 Å². The fourth-order valence-electron chi connectivity index (χ4n) is 2.14. The maximum Gasteiger partial charge on any atom is 0.185 e. The fraction of sp³-hybridized carbons (Fsp3) is 0.211. The highest BCUT2D eigenvalue weighted by Crippen LogP contribution is 2.36. The number of carbonyl (C=O) groups is 1. The highest BCUT2D eigenvalue weighted by atomic mass is 35.5. The van der Waals surface area contributed by atoms with Gasteiger partial charge in [-0.2, -0.15) is 0 Å². The molecule has 0 aliphatic carbocycles. The van der Waals surface area contributed by atoms with E-state index in [-0.39, 0.29) is 5.78 Å². The van der Waals surface area contributed by atoms with Crippen molar-refractivity contribution in [3.05, 3.63) is 58.6 Å². The fourth-order valence-corrected chi connectivity index (χ4v) is 2.42. The molecule has 0 saturated heterocycles. The second-order valence-corrected chi connectivity index (χ2v) is 5.30. The zero-order chi connectivity index (χ0) is 17.5. The van der Waals surface area contributed by atoms with Crippen LogP contribution in [-0.2, 0) is 0 Å². The zero-order valence-corrected chi connectivity index (χ0v) is 14.6. The van der Waals surface area contributed by atoms with Crippen molar-refractivity contribution in [2.75, 3.05) is 20.8 Å². The molecule has 0 aliphatic heterocycles. The third kappa shape index (κ3) is 4.30. The first-order valence-corrected chi connectivity index (χ1v) is 7.83. The van der Waals surface area contributed by atoms with Crippen LogP contribution in [0.15, 0.2) is 42.5 Å². The lowest BCUT2D eigenvalue weighted by Crippen LogP contribution is -1.97. The average molecular weight is 347 g/mol. The number of halogens is 1. The molecule has 5 heteroatoms. The lowest BCUT2D eigenvalue weighted by atomic mass is 10.1. The minimum absolute atomic E-state index is 0.110. The van der Waals surface area contributed by atoms with Crippen molar-refractivity contribution in [1.29, 1.82) is 0 Å². The smallest absolute Gasteiger partial charge is 0.185 e. The summed E-state index contributed by atoms with van der Waals surface area (Å²) < 4.78 is 15.8. The monoisotopic (exact) mass is 346 g/mol. The highest BCUT2D eigenvalue weighted by Gasteiger charge is 2.11.